The zero-order valence-electron chi connectivity index (χ0n) is 8.02. The first-order valence-corrected chi connectivity index (χ1v) is 5.29. The molecule has 0 aromatic heterocycles. The topological polar surface area (TPSA) is 35.2 Å². The molecule has 78 valence electrons. The standard InChI is InChI=1S/C10H13BrFNO/c1-2-14-10-7(3-4-13)5-8(11)6-9(10)12/h5-6H,2-4,13H2,1H3. The van der Waals surface area contributed by atoms with E-state index in [1.165, 1.54) is 6.07 Å². The number of hydrogen-bond donors (Lipinski definition) is 1. The number of hydrogen-bond acceptors (Lipinski definition) is 2. The molecule has 0 aliphatic rings. The van der Waals surface area contributed by atoms with E-state index in [9.17, 15) is 4.39 Å². The third kappa shape index (κ3) is 2.69. The first-order chi connectivity index (χ1) is 6.69. The van der Waals surface area contributed by atoms with Crippen molar-refractivity contribution in [3.8, 4) is 5.75 Å². The van der Waals surface area contributed by atoms with Crippen LogP contribution in [0.25, 0.3) is 0 Å². The highest BCUT2D eigenvalue weighted by molar-refractivity contribution is 9.10. The predicted molar refractivity (Wildman–Crippen MR) is 58.0 cm³/mol. The minimum absolute atomic E-state index is 0.321. The van der Waals surface area contributed by atoms with Crippen LogP contribution in [0.5, 0.6) is 5.75 Å². The van der Waals surface area contributed by atoms with Gasteiger partial charge in [0.05, 0.1) is 6.61 Å². The fourth-order valence-corrected chi connectivity index (χ4v) is 1.74. The Morgan fingerprint density at radius 1 is 1.50 bits per heavy atom. The lowest BCUT2D eigenvalue weighted by atomic mass is 10.1. The monoisotopic (exact) mass is 261 g/mol. The van der Waals surface area contributed by atoms with Crippen LogP contribution in [0, 0.1) is 5.82 Å². The van der Waals surface area contributed by atoms with E-state index < -0.39 is 0 Å². The molecule has 0 saturated heterocycles. The highest BCUT2D eigenvalue weighted by Gasteiger charge is 2.10. The lowest BCUT2D eigenvalue weighted by Gasteiger charge is -2.10. The van der Waals surface area contributed by atoms with Crippen molar-refractivity contribution in [2.75, 3.05) is 13.2 Å². The molecule has 0 aliphatic carbocycles. The summed E-state index contributed by atoms with van der Waals surface area (Å²) in [4.78, 5) is 0. The molecule has 0 radical (unpaired) electrons. The molecule has 4 heteroatoms. The lowest BCUT2D eigenvalue weighted by molar-refractivity contribution is 0.317. The van der Waals surface area contributed by atoms with Crippen molar-refractivity contribution in [1.82, 2.24) is 0 Å². The zero-order valence-corrected chi connectivity index (χ0v) is 9.60. The van der Waals surface area contributed by atoms with Crippen LogP contribution < -0.4 is 10.5 Å². The molecule has 0 unspecified atom stereocenters. The summed E-state index contributed by atoms with van der Waals surface area (Å²) in [7, 11) is 0. The lowest BCUT2D eigenvalue weighted by Crippen LogP contribution is -2.06. The second kappa shape index (κ2) is 5.32. The summed E-state index contributed by atoms with van der Waals surface area (Å²) in [6.07, 6.45) is 0.617. The van der Waals surface area contributed by atoms with E-state index >= 15 is 0 Å². The van der Waals surface area contributed by atoms with Crippen molar-refractivity contribution in [3.05, 3.63) is 28.0 Å². The molecule has 1 rings (SSSR count). The summed E-state index contributed by atoms with van der Waals surface area (Å²) in [5, 5.41) is 0. The molecular formula is C10H13BrFNO. The molecular weight excluding hydrogens is 249 g/mol. The van der Waals surface area contributed by atoms with Gasteiger partial charge < -0.3 is 10.5 Å². The first kappa shape index (κ1) is 11.5. The van der Waals surface area contributed by atoms with Crippen molar-refractivity contribution in [2.45, 2.75) is 13.3 Å². The van der Waals surface area contributed by atoms with E-state index in [2.05, 4.69) is 15.9 Å². The number of benzene rings is 1. The van der Waals surface area contributed by atoms with Crippen LogP contribution in [-0.2, 0) is 6.42 Å². The van der Waals surface area contributed by atoms with Crippen molar-refractivity contribution < 1.29 is 9.13 Å². The summed E-state index contributed by atoms with van der Waals surface area (Å²) in [5.74, 6) is -0.0224. The summed E-state index contributed by atoms with van der Waals surface area (Å²) >= 11 is 3.23. The average molecular weight is 262 g/mol. The fourth-order valence-electron chi connectivity index (χ4n) is 1.26. The minimum atomic E-state index is -0.343. The Hall–Kier alpha value is -0.610. The van der Waals surface area contributed by atoms with Gasteiger partial charge in [-0.3, -0.25) is 0 Å². The van der Waals surface area contributed by atoms with Gasteiger partial charge in [0.15, 0.2) is 11.6 Å². The zero-order chi connectivity index (χ0) is 10.6. The molecule has 0 bridgehead atoms. The predicted octanol–water partition coefficient (Wildman–Crippen LogP) is 2.49. The summed E-state index contributed by atoms with van der Waals surface area (Å²) in [5.41, 5.74) is 6.24. The number of ether oxygens (including phenoxy) is 1. The Balaban J connectivity index is 3.07. The van der Waals surface area contributed by atoms with Gasteiger partial charge in [0.1, 0.15) is 0 Å². The van der Waals surface area contributed by atoms with Gasteiger partial charge in [-0.15, -0.1) is 0 Å². The van der Waals surface area contributed by atoms with Gasteiger partial charge in [0, 0.05) is 4.47 Å². The maximum atomic E-state index is 13.4. The Labute approximate surface area is 91.4 Å². The van der Waals surface area contributed by atoms with Gasteiger partial charge in [-0.25, -0.2) is 4.39 Å². The Bertz CT molecular complexity index is 317. The molecule has 14 heavy (non-hydrogen) atoms. The number of halogens is 2. The number of rotatable bonds is 4. The number of nitrogens with two attached hydrogens (primary N) is 1. The van der Waals surface area contributed by atoms with Crippen LogP contribution in [-0.4, -0.2) is 13.2 Å². The molecule has 0 amide bonds. The molecule has 0 spiro atoms. The Kier molecular flexibility index (Phi) is 4.35. The maximum absolute atomic E-state index is 13.4. The summed E-state index contributed by atoms with van der Waals surface area (Å²) in [6, 6.07) is 3.23. The van der Waals surface area contributed by atoms with Gasteiger partial charge >= 0.3 is 0 Å². The fraction of sp³-hybridized carbons (Fsp3) is 0.400. The Morgan fingerprint density at radius 2 is 2.21 bits per heavy atom. The van der Waals surface area contributed by atoms with Gasteiger partial charge in [-0.05, 0) is 37.6 Å². The highest BCUT2D eigenvalue weighted by atomic mass is 79.9. The average Bonchev–Trinajstić information content (AvgIpc) is 2.11. The van der Waals surface area contributed by atoms with Crippen LogP contribution >= 0.6 is 15.9 Å². The van der Waals surface area contributed by atoms with Crippen molar-refractivity contribution in [2.24, 2.45) is 5.73 Å². The smallest absolute Gasteiger partial charge is 0.166 e. The highest BCUT2D eigenvalue weighted by Crippen LogP contribution is 2.27. The largest absolute Gasteiger partial charge is 0.491 e. The third-order valence-corrected chi connectivity index (χ3v) is 2.25. The summed E-state index contributed by atoms with van der Waals surface area (Å²) < 4.78 is 19.4. The first-order valence-electron chi connectivity index (χ1n) is 4.49. The van der Waals surface area contributed by atoms with Gasteiger partial charge in [-0.2, -0.15) is 0 Å². The van der Waals surface area contributed by atoms with E-state index in [-0.39, 0.29) is 5.82 Å². The van der Waals surface area contributed by atoms with E-state index in [4.69, 9.17) is 10.5 Å². The molecule has 2 N–H and O–H groups in total. The van der Waals surface area contributed by atoms with Gasteiger partial charge in [0.2, 0.25) is 0 Å². The molecule has 0 atom stereocenters. The minimum Gasteiger partial charge on any atom is -0.491 e. The second-order valence-corrected chi connectivity index (χ2v) is 3.76. The Morgan fingerprint density at radius 3 is 2.79 bits per heavy atom. The van der Waals surface area contributed by atoms with E-state index in [0.717, 1.165) is 5.56 Å². The van der Waals surface area contributed by atoms with Crippen LogP contribution in [0.2, 0.25) is 0 Å². The van der Waals surface area contributed by atoms with Crippen LogP contribution in [0.1, 0.15) is 12.5 Å². The molecule has 0 fully saturated rings. The summed E-state index contributed by atoms with van der Waals surface area (Å²) in [6.45, 7) is 2.76. The second-order valence-electron chi connectivity index (χ2n) is 2.85. The van der Waals surface area contributed by atoms with E-state index in [1.807, 2.05) is 13.0 Å². The van der Waals surface area contributed by atoms with E-state index in [0.29, 0.717) is 29.8 Å². The molecule has 1 aromatic carbocycles. The van der Waals surface area contributed by atoms with Crippen molar-refractivity contribution in [1.29, 1.82) is 0 Å². The third-order valence-electron chi connectivity index (χ3n) is 1.79. The van der Waals surface area contributed by atoms with Gasteiger partial charge in [-0.1, -0.05) is 15.9 Å². The van der Waals surface area contributed by atoms with Crippen LogP contribution in [0.3, 0.4) is 0 Å². The quantitative estimate of drug-likeness (QED) is 0.904. The van der Waals surface area contributed by atoms with Crippen molar-refractivity contribution >= 4 is 15.9 Å². The normalized spacial score (nSPS) is 10.3. The molecule has 0 heterocycles. The SMILES string of the molecule is CCOc1c(F)cc(Br)cc1CCN. The molecule has 0 aliphatic heterocycles. The molecule has 0 saturated carbocycles. The molecule has 1 aromatic rings. The van der Waals surface area contributed by atoms with Crippen LogP contribution in [0.4, 0.5) is 4.39 Å². The maximum Gasteiger partial charge on any atom is 0.166 e. The van der Waals surface area contributed by atoms with Gasteiger partial charge in [0.25, 0.3) is 0 Å². The van der Waals surface area contributed by atoms with Crippen LogP contribution in [0.15, 0.2) is 16.6 Å². The molecule has 2 nitrogen and oxygen atoms in total. The van der Waals surface area contributed by atoms with Crippen molar-refractivity contribution in [3.63, 3.8) is 0 Å². The van der Waals surface area contributed by atoms with E-state index in [1.54, 1.807) is 0 Å².